The summed E-state index contributed by atoms with van der Waals surface area (Å²) in [5.74, 6) is -1.37. The molecule has 3 amide bonds. The first-order valence-electron chi connectivity index (χ1n) is 4.76. The van der Waals surface area contributed by atoms with E-state index in [9.17, 15) is 14.4 Å². The average molecular weight is 235 g/mol. The van der Waals surface area contributed by atoms with Crippen molar-refractivity contribution in [3.8, 4) is 0 Å². The van der Waals surface area contributed by atoms with Gasteiger partial charge in [-0.2, -0.15) is 0 Å². The van der Waals surface area contributed by atoms with Gasteiger partial charge in [-0.1, -0.05) is 0 Å². The van der Waals surface area contributed by atoms with Crippen molar-refractivity contribution in [1.29, 1.82) is 0 Å². The van der Waals surface area contributed by atoms with Gasteiger partial charge in [0.05, 0.1) is 12.4 Å². The van der Waals surface area contributed by atoms with Gasteiger partial charge in [0.2, 0.25) is 11.8 Å². The molecule has 1 aliphatic rings. The van der Waals surface area contributed by atoms with Crippen molar-refractivity contribution in [3.05, 3.63) is 18.1 Å². The van der Waals surface area contributed by atoms with Gasteiger partial charge in [-0.05, 0) is 0 Å². The number of amides is 3. The molecule has 1 aliphatic heterocycles. The van der Waals surface area contributed by atoms with Crippen molar-refractivity contribution in [2.75, 3.05) is 18.8 Å². The number of aromatic nitrogens is 2. The number of imide groups is 1. The molecular weight excluding hydrogens is 226 g/mol. The van der Waals surface area contributed by atoms with E-state index in [0.717, 1.165) is 4.90 Å². The largest absolute Gasteiger partial charge is 0.382 e. The molecule has 3 N–H and O–H groups in total. The molecule has 0 saturated carbocycles. The van der Waals surface area contributed by atoms with E-state index in [-0.39, 0.29) is 24.6 Å². The summed E-state index contributed by atoms with van der Waals surface area (Å²) in [6, 6.07) is 0. The number of carbonyl (C=O) groups is 3. The second kappa shape index (κ2) is 4.16. The fourth-order valence-electron chi connectivity index (χ4n) is 1.39. The van der Waals surface area contributed by atoms with Crippen LogP contribution in [0.15, 0.2) is 12.4 Å². The topological polar surface area (TPSA) is 118 Å². The summed E-state index contributed by atoms with van der Waals surface area (Å²) in [5.41, 5.74) is 5.38. The first kappa shape index (κ1) is 11.0. The molecule has 1 aromatic rings. The zero-order valence-corrected chi connectivity index (χ0v) is 8.71. The highest BCUT2D eigenvalue weighted by molar-refractivity contribution is 6.05. The Morgan fingerprint density at radius 3 is 2.41 bits per heavy atom. The van der Waals surface area contributed by atoms with Gasteiger partial charge in [-0.25, -0.2) is 9.97 Å². The lowest BCUT2D eigenvalue weighted by atomic mass is 10.3. The minimum absolute atomic E-state index is 0.0432. The number of piperazine rings is 1. The molecule has 2 rings (SSSR count). The number of nitrogen functional groups attached to an aromatic ring is 1. The zero-order chi connectivity index (χ0) is 12.4. The molecule has 8 nitrogen and oxygen atoms in total. The summed E-state index contributed by atoms with van der Waals surface area (Å²) >= 11 is 0. The Labute approximate surface area is 95.8 Å². The van der Waals surface area contributed by atoms with Crippen LogP contribution in [0.2, 0.25) is 0 Å². The fraction of sp³-hybridized carbons (Fsp3) is 0.222. The molecule has 0 aliphatic carbocycles. The third kappa shape index (κ3) is 2.36. The summed E-state index contributed by atoms with van der Waals surface area (Å²) < 4.78 is 0. The second-order valence-corrected chi connectivity index (χ2v) is 3.46. The number of carbonyl (C=O) groups excluding carboxylic acids is 3. The Morgan fingerprint density at radius 2 is 1.88 bits per heavy atom. The highest BCUT2D eigenvalue weighted by Crippen LogP contribution is 2.04. The number of anilines is 1. The van der Waals surface area contributed by atoms with Gasteiger partial charge in [-0.3, -0.25) is 19.7 Å². The van der Waals surface area contributed by atoms with Crippen LogP contribution in [0.25, 0.3) is 0 Å². The molecule has 0 aromatic carbocycles. The van der Waals surface area contributed by atoms with Crippen LogP contribution in [0, 0.1) is 0 Å². The molecular formula is C9H9N5O3. The fourth-order valence-corrected chi connectivity index (χ4v) is 1.39. The molecule has 0 atom stereocenters. The predicted molar refractivity (Wildman–Crippen MR) is 55.5 cm³/mol. The van der Waals surface area contributed by atoms with Crippen LogP contribution in [0.5, 0.6) is 0 Å². The molecule has 0 spiro atoms. The Hall–Kier alpha value is -2.51. The van der Waals surface area contributed by atoms with Gasteiger partial charge < -0.3 is 10.6 Å². The highest BCUT2D eigenvalue weighted by Gasteiger charge is 2.27. The maximum absolute atomic E-state index is 11.9. The van der Waals surface area contributed by atoms with E-state index in [0.29, 0.717) is 0 Å². The number of nitrogens with zero attached hydrogens (tertiary/aromatic N) is 3. The molecule has 17 heavy (non-hydrogen) atoms. The Morgan fingerprint density at radius 1 is 1.24 bits per heavy atom. The van der Waals surface area contributed by atoms with E-state index >= 15 is 0 Å². The van der Waals surface area contributed by atoms with Crippen LogP contribution in [-0.2, 0) is 9.59 Å². The minimum atomic E-state index is -0.527. The molecule has 2 heterocycles. The molecule has 0 radical (unpaired) electrons. The predicted octanol–water partition coefficient (Wildman–Crippen LogP) is -1.84. The molecule has 8 heteroatoms. The minimum Gasteiger partial charge on any atom is -0.382 e. The van der Waals surface area contributed by atoms with Crippen molar-refractivity contribution < 1.29 is 14.4 Å². The van der Waals surface area contributed by atoms with Crippen LogP contribution in [0.3, 0.4) is 0 Å². The quantitative estimate of drug-likeness (QED) is 0.552. The number of rotatable bonds is 1. The van der Waals surface area contributed by atoms with Gasteiger partial charge in [0.15, 0.2) is 0 Å². The first-order valence-corrected chi connectivity index (χ1v) is 4.76. The summed E-state index contributed by atoms with van der Waals surface area (Å²) in [7, 11) is 0. The monoisotopic (exact) mass is 235 g/mol. The lowest BCUT2D eigenvalue weighted by molar-refractivity contribution is -0.135. The molecule has 0 bridgehead atoms. The summed E-state index contributed by atoms with van der Waals surface area (Å²) in [5, 5.41) is 2.10. The zero-order valence-electron chi connectivity index (χ0n) is 8.71. The molecule has 1 aromatic heterocycles. The van der Waals surface area contributed by atoms with Crippen molar-refractivity contribution in [2.24, 2.45) is 0 Å². The molecule has 1 saturated heterocycles. The molecule has 88 valence electrons. The van der Waals surface area contributed by atoms with Crippen molar-refractivity contribution >= 4 is 23.5 Å². The van der Waals surface area contributed by atoms with Crippen LogP contribution < -0.4 is 11.1 Å². The molecule has 0 unspecified atom stereocenters. The van der Waals surface area contributed by atoms with Crippen LogP contribution in [0.4, 0.5) is 5.82 Å². The SMILES string of the molecule is Nc1cnc(C(=O)N2CC(=O)NC(=O)C2)cn1. The standard InChI is InChI=1S/C9H9N5O3/c10-6-2-11-5(1-12-6)9(17)14-3-7(15)13-8(16)4-14/h1-2H,3-4H2,(H2,10,12)(H,13,15,16). The van der Waals surface area contributed by atoms with Crippen LogP contribution in [-0.4, -0.2) is 45.7 Å². The highest BCUT2D eigenvalue weighted by atomic mass is 16.2. The summed E-state index contributed by atoms with van der Waals surface area (Å²) in [4.78, 5) is 42.6. The first-order chi connectivity index (χ1) is 8.06. The van der Waals surface area contributed by atoms with Crippen molar-refractivity contribution in [3.63, 3.8) is 0 Å². The maximum Gasteiger partial charge on any atom is 0.274 e. The van der Waals surface area contributed by atoms with Gasteiger partial charge >= 0.3 is 0 Å². The lowest BCUT2D eigenvalue weighted by Crippen LogP contribution is -2.53. The van der Waals surface area contributed by atoms with Crippen molar-refractivity contribution in [2.45, 2.75) is 0 Å². The van der Waals surface area contributed by atoms with E-state index < -0.39 is 17.7 Å². The second-order valence-electron chi connectivity index (χ2n) is 3.46. The van der Waals surface area contributed by atoms with Gasteiger partial charge in [-0.15, -0.1) is 0 Å². The number of hydrogen-bond acceptors (Lipinski definition) is 6. The smallest absolute Gasteiger partial charge is 0.274 e. The molecule has 1 fully saturated rings. The number of nitrogens with two attached hydrogens (primary N) is 1. The Kier molecular flexibility index (Phi) is 2.69. The maximum atomic E-state index is 11.9. The Bertz CT molecular complexity index is 468. The summed E-state index contributed by atoms with van der Waals surface area (Å²) in [6.45, 7) is -0.340. The van der Waals surface area contributed by atoms with Gasteiger partial charge in [0, 0.05) is 0 Å². The number of hydrogen-bond donors (Lipinski definition) is 2. The van der Waals surface area contributed by atoms with E-state index in [1.165, 1.54) is 12.4 Å². The third-order valence-corrected chi connectivity index (χ3v) is 2.13. The van der Waals surface area contributed by atoms with Gasteiger partial charge in [0.25, 0.3) is 5.91 Å². The van der Waals surface area contributed by atoms with Crippen molar-refractivity contribution in [1.82, 2.24) is 20.2 Å². The van der Waals surface area contributed by atoms with Crippen LogP contribution >= 0.6 is 0 Å². The average Bonchev–Trinajstić information content (AvgIpc) is 2.28. The third-order valence-electron chi connectivity index (χ3n) is 2.13. The van der Waals surface area contributed by atoms with E-state index in [1.807, 2.05) is 0 Å². The summed E-state index contributed by atoms with van der Waals surface area (Å²) in [6.07, 6.45) is 2.44. The van der Waals surface area contributed by atoms with Gasteiger partial charge in [0.1, 0.15) is 24.6 Å². The lowest BCUT2D eigenvalue weighted by Gasteiger charge is -2.24. The number of nitrogens with one attached hydrogen (secondary N) is 1. The Balaban J connectivity index is 2.17. The normalized spacial score (nSPS) is 15.6. The van der Waals surface area contributed by atoms with E-state index in [4.69, 9.17) is 5.73 Å². The van der Waals surface area contributed by atoms with E-state index in [2.05, 4.69) is 15.3 Å². The van der Waals surface area contributed by atoms with Crippen LogP contribution in [0.1, 0.15) is 10.5 Å². The van der Waals surface area contributed by atoms with E-state index in [1.54, 1.807) is 0 Å².